The van der Waals surface area contributed by atoms with Gasteiger partial charge < -0.3 is 19.9 Å². The molecule has 1 saturated heterocycles. The molecule has 0 aliphatic carbocycles. The van der Waals surface area contributed by atoms with E-state index in [0.29, 0.717) is 25.5 Å². The molecule has 7 heteroatoms. The molecule has 1 unspecified atom stereocenters. The quantitative estimate of drug-likeness (QED) is 0.878. The van der Waals surface area contributed by atoms with E-state index in [1.807, 2.05) is 48.8 Å². The number of hydrogen-bond acceptors (Lipinski definition) is 4. The number of urea groups is 1. The molecule has 0 radical (unpaired) electrons. The van der Waals surface area contributed by atoms with Crippen molar-refractivity contribution in [3.05, 3.63) is 47.3 Å². The predicted molar refractivity (Wildman–Crippen MR) is 98.4 cm³/mol. The van der Waals surface area contributed by atoms with Gasteiger partial charge in [0.2, 0.25) is 0 Å². The third kappa shape index (κ3) is 4.04. The first-order valence-electron chi connectivity index (χ1n) is 9.06. The van der Waals surface area contributed by atoms with Gasteiger partial charge in [-0.15, -0.1) is 0 Å². The number of carbonyl (C=O) groups excluding carboxylic acids is 1. The van der Waals surface area contributed by atoms with Crippen molar-refractivity contribution in [2.24, 2.45) is 13.0 Å². The van der Waals surface area contributed by atoms with Crippen LogP contribution in [0.25, 0.3) is 0 Å². The van der Waals surface area contributed by atoms with E-state index in [1.165, 1.54) is 0 Å². The number of imidazole rings is 1. The fourth-order valence-electron chi connectivity index (χ4n) is 3.48. The maximum Gasteiger partial charge on any atom is 0.317 e. The number of piperidine rings is 1. The van der Waals surface area contributed by atoms with E-state index >= 15 is 0 Å². The average molecular weight is 357 g/mol. The van der Waals surface area contributed by atoms with E-state index in [1.54, 1.807) is 6.20 Å². The Labute approximate surface area is 154 Å². The molecule has 140 valence electrons. The van der Waals surface area contributed by atoms with E-state index in [4.69, 9.17) is 0 Å². The number of nitrogens with one attached hydrogen (secondary N) is 1. The summed E-state index contributed by atoms with van der Waals surface area (Å²) in [5, 5.41) is 13.5. The van der Waals surface area contributed by atoms with E-state index < -0.39 is 6.10 Å². The Kier molecular flexibility index (Phi) is 5.56. The molecule has 0 bridgehead atoms. The number of aromatic nitrogens is 3. The molecule has 3 rings (SSSR count). The molecule has 26 heavy (non-hydrogen) atoms. The number of rotatable bonds is 4. The molecule has 1 atom stereocenters. The van der Waals surface area contributed by atoms with Gasteiger partial charge in [-0.3, -0.25) is 4.98 Å². The zero-order valence-electron chi connectivity index (χ0n) is 15.6. The average Bonchev–Trinajstić information content (AvgIpc) is 3.06. The number of likely N-dealkylation sites (tertiary alicyclic amines) is 1. The normalized spacial score (nSPS) is 16.5. The Bertz CT molecular complexity index is 765. The molecular formula is C19H27N5O2. The number of amides is 2. The summed E-state index contributed by atoms with van der Waals surface area (Å²) in [6.45, 7) is 5.75. The summed E-state index contributed by atoms with van der Waals surface area (Å²) in [7, 11) is 1.88. The molecular weight excluding hydrogens is 330 g/mol. The molecule has 2 aromatic rings. The molecule has 2 amide bonds. The van der Waals surface area contributed by atoms with Crippen molar-refractivity contribution in [1.82, 2.24) is 24.8 Å². The molecule has 2 aromatic heterocycles. The Morgan fingerprint density at radius 3 is 2.69 bits per heavy atom. The van der Waals surface area contributed by atoms with Gasteiger partial charge in [-0.1, -0.05) is 0 Å². The Balaban J connectivity index is 1.50. The van der Waals surface area contributed by atoms with Crippen LogP contribution in [0.4, 0.5) is 4.79 Å². The van der Waals surface area contributed by atoms with Gasteiger partial charge in [0, 0.05) is 51.0 Å². The fourth-order valence-corrected chi connectivity index (χ4v) is 3.48. The number of aryl methyl sites for hydroxylation is 3. The van der Waals surface area contributed by atoms with Crippen LogP contribution in [-0.4, -0.2) is 43.7 Å². The second-order valence-electron chi connectivity index (χ2n) is 7.08. The van der Waals surface area contributed by atoms with Crippen LogP contribution < -0.4 is 5.32 Å². The lowest BCUT2D eigenvalue weighted by molar-refractivity contribution is 0.0584. The van der Waals surface area contributed by atoms with E-state index in [-0.39, 0.29) is 11.9 Å². The first-order valence-corrected chi connectivity index (χ1v) is 9.06. The topological polar surface area (TPSA) is 83.3 Å². The Morgan fingerprint density at radius 2 is 2.08 bits per heavy atom. The third-order valence-corrected chi connectivity index (χ3v) is 5.18. The van der Waals surface area contributed by atoms with Crippen LogP contribution in [0.15, 0.2) is 24.7 Å². The maximum atomic E-state index is 12.4. The number of carbonyl (C=O) groups is 1. The van der Waals surface area contributed by atoms with Crippen LogP contribution in [0.3, 0.4) is 0 Å². The maximum absolute atomic E-state index is 12.4. The van der Waals surface area contributed by atoms with Gasteiger partial charge in [-0.05, 0) is 49.8 Å². The number of aliphatic hydroxyl groups excluding tert-OH is 1. The highest BCUT2D eigenvalue weighted by Crippen LogP contribution is 2.29. The van der Waals surface area contributed by atoms with Crippen molar-refractivity contribution < 1.29 is 9.90 Å². The minimum Gasteiger partial charge on any atom is -0.385 e. The summed E-state index contributed by atoms with van der Waals surface area (Å²) in [6, 6.07) is 1.96. The Hall–Kier alpha value is -2.41. The summed E-state index contributed by atoms with van der Waals surface area (Å²) in [5.74, 6) is 0.818. The highest BCUT2D eigenvalue weighted by atomic mass is 16.3. The predicted octanol–water partition coefficient (Wildman–Crippen LogP) is 2.09. The van der Waals surface area contributed by atoms with Gasteiger partial charge in [0.1, 0.15) is 11.9 Å². The monoisotopic (exact) mass is 357 g/mol. The van der Waals surface area contributed by atoms with Crippen molar-refractivity contribution in [3.8, 4) is 0 Å². The molecule has 7 nitrogen and oxygen atoms in total. The lowest BCUT2D eigenvalue weighted by atomic mass is 9.91. The zero-order chi connectivity index (χ0) is 18.7. The van der Waals surface area contributed by atoms with Crippen LogP contribution in [0.5, 0.6) is 0 Å². The van der Waals surface area contributed by atoms with Gasteiger partial charge in [0.15, 0.2) is 0 Å². The van der Waals surface area contributed by atoms with Gasteiger partial charge >= 0.3 is 6.03 Å². The van der Waals surface area contributed by atoms with Crippen molar-refractivity contribution in [3.63, 3.8) is 0 Å². The summed E-state index contributed by atoms with van der Waals surface area (Å²) in [5.41, 5.74) is 3.14. The summed E-state index contributed by atoms with van der Waals surface area (Å²) >= 11 is 0. The van der Waals surface area contributed by atoms with E-state index in [0.717, 1.165) is 29.7 Å². The van der Waals surface area contributed by atoms with Gasteiger partial charge in [-0.2, -0.15) is 0 Å². The number of pyridine rings is 1. The molecule has 2 N–H and O–H groups in total. The number of nitrogens with zero attached hydrogens (tertiary/aromatic N) is 4. The van der Waals surface area contributed by atoms with Crippen LogP contribution >= 0.6 is 0 Å². The molecule has 0 saturated carbocycles. The minimum atomic E-state index is -0.582. The van der Waals surface area contributed by atoms with Gasteiger partial charge in [0.25, 0.3) is 0 Å². The van der Waals surface area contributed by atoms with Gasteiger partial charge in [-0.25, -0.2) is 9.78 Å². The second-order valence-corrected chi connectivity index (χ2v) is 7.08. The number of hydrogen-bond donors (Lipinski definition) is 2. The van der Waals surface area contributed by atoms with Crippen LogP contribution in [-0.2, 0) is 13.6 Å². The first-order chi connectivity index (χ1) is 12.5. The smallest absolute Gasteiger partial charge is 0.317 e. The van der Waals surface area contributed by atoms with Crippen molar-refractivity contribution in [2.75, 3.05) is 13.1 Å². The van der Waals surface area contributed by atoms with E-state index in [2.05, 4.69) is 15.3 Å². The highest BCUT2D eigenvalue weighted by molar-refractivity contribution is 5.74. The number of aliphatic hydroxyl groups is 1. The SMILES string of the molecule is Cc1cc(C)c(CNC(=O)N2CCC(C(O)c3nccn3C)CC2)cn1. The lowest BCUT2D eigenvalue weighted by Gasteiger charge is -2.34. The molecule has 1 aliphatic heterocycles. The molecule has 1 aliphatic rings. The zero-order valence-corrected chi connectivity index (χ0v) is 15.6. The summed E-state index contributed by atoms with van der Waals surface area (Å²) in [4.78, 5) is 22.8. The summed E-state index contributed by atoms with van der Waals surface area (Å²) < 4.78 is 1.85. The van der Waals surface area contributed by atoms with Crippen LogP contribution in [0.1, 0.15) is 41.6 Å². The standard InChI is InChI=1S/C19H27N5O2/c1-13-10-14(2)21-11-16(13)12-22-19(26)24-7-4-15(5-8-24)17(25)18-20-6-9-23(18)3/h6,9-11,15,17,25H,4-5,7-8,12H2,1-3H3,(H,22,26). The van der Waals surface area contributed by atoms with E-state index in [9.17, 15) is 9.90 Å². The van der Waals surface area contributed by atoms with Crippen molar-refractivity contribution >= 4 is 6.03 Å². The van der Waals surface area contributed by atoms with Crippen molar-refractivity contribution in [2.45, 2.75) is 39.3 Å². The molecule has 0 spiro atoms. The fraction of sp³-hybridized carbons (Fsp3) is 0.526. The lowest BCUT2D eigenvalue weighted by Crippen LogP contribution is -2.45. The first kappa shape index (κ1) is 18.4. The van der Waals surface area contributed by atoms with Gasteiger partial charge in [0.05, 0.1) is 0 Å². The van der Waals surface area contributed by atoms with Crippen molar-refractivity contribution in [1.29, 1.82) is 0 Å². The highest BCUT2D eigenvalue weighted by Gasteiger charge is 2.30. The largest absolute Gasteiger partial charge is 0.385 e. The molecule has 3 heterocycles. The third-order valence-electron chi connectivity index (χ3n) is 5.18. The van der Waals surface area contributed by atoms with Crippen LogP contribution in [0, 0.1) is 19.8 Å². The summed E-state index contributed by atoms with van der Waals surface area (Å²) in [6.07, 6.45) is 6.31. The second kappa shape index (κ2) is 7.86. The minimum absolute atomic E-state index is 0.0603. The van der Waals surface area contributed by atoms with Crippen LogP contribution in [0.2, 0.25) is 0 Å². The molecule has 1 fully saturated rings. The molecule has 0 aromatic carbocycles. The Morgan fingerprint density at radius 1 is 1.35 bits per heavy atom.